The van der Waals surface area contributed by atoms with Gasteiger partial charge in [0.05, 0.1) is 23.9 Å². The fourth-order valence-corrected chi connectivity index (χ4v) is 3.29. The molecule has 6 nitrogen and oxygen atoms in total. The first-order valence-electron chi connectivity index (χ1n) is 9.35. The highest BCUT2D eigenvalue weighted by Gasteiger charge is 2.23. The van der Waals surface area contributed by atoms with E-state index < -0.39 is 0 Å². The molecule has 1 aliphatic heterocycles. The molecule has 1 aliphatic rings. The van der Waals surface area contributed by atoms with E-state index >= 15 is 0 Å². The zero-order valence-electron chi connectivity index (χ0n) is 15.9. The Balaban J connectivity index is 1.48. The minimum Gasteiger partial charge on any atom is -0.494 e. The number of nitrogens with one attached hydrogen (secondary N) is 1. The van der Waals surface area contributed by atoms with Crippen LogP contribution >= 0.6 is 11.6 Å². The van der Waals surface area contributed by atoms with E-state index in [9.17, 15) is 9.59 Å². The molecule has 0 aromatic heterocycles. The minimum atomic E-state index is -0.112. The molecule has 0 saturated carbocycles. The van der Waals surface area contributed by atoms with Crippen LogP contribution in [0.1, 0.15) is 17.3 Å². The molecule has 0 atom stereocenters. The fourth-order valence-electron chi connectivity index (χ4n) is 3.11. The third-order valence-electron chi connectivity index (χ3n) is 4.59. The second-order valence-corrected chi connectivity index (χ2v) is 6.96. The predicted octanol–water partition coefficient (Wildman–Crippen LogP) is 3.14. The molecule has 148 valence electrons. The van der Waals surface area contributed by atoms with Crippen molar-refractivity contribution in [2.45, 2.75) is 6.92 Å². The van der Waals surface area contributed by atoms with Gasteiger partial charge in [0.2, 0.25) is 5.91 Å². The number of ether oxygens (including phenoxy) is 1. The smallest absolute Gasteiger partial charge is 0.253 e. The molecule has 1 fully saturated rings. The zero-order valence-corrected chi connectivity index (χ0v) is 16.6. The van der Waals surface area contributed by atoms with Gasteiger partial charge in [0.15, 0.2) is 0 Å². The van der Waals surface area contributed by atoms with Gasteiger partial charge in [-0.05, 0) is 43.3 Å². The van der Waals surface area contributed by atoms with Crippen LogP contribution < -0.4 is 10.1 Å². The summed E-state index contributed by atoms with van der Waals surface area (Å²) in [6.07, 6.45) is 0. The number of hydrogen-bond acceptors (Lipinski definition) is 4. The second kappa shape index (κ2) is 9.57. The molecule has 1 heterocycles. The van der Waals surface area contributed by atoms with Gasteiger partial charge in [-0.15, -0.1) is 0 Å². The molecular weight excluding hydrogens is 378 g/mol. The maximum absolute atomic E-state index is 12.6. The Morgan fingerprint density at radius 2 is 1.71 bits per heavy atom. The predicted molar refractivity (Wildman–Crippen MR) is 110 cm³/mol. The largest absolute Gasteiger partial charge is 0.494 e. The third kappa shape index (κ3) is 5.24. The van der Waals surface area contributed by atoms with Gasteiger partial charge in [-0.25, -0.2) is 0 Å². The van der Waals surface area contributed by atoms with E-state index in [2.05, 4.69) is 5.32 Å². The van der Waals surface area contributed by atoms with Crippen molar-refractivity contribution < 1.29 is 14.3 Å². The van der Waals surface area contributed by atoms with Crippen LogP contribution in [0.5, 0.6) is 5.75 Å². The van der Waals surface area contributed by atoms with Crippen LogP contribution in [-0.4, -0.2) is 60.9 Å². The van der Waals surface area contributed by atoms with Crippen LogP contribution in [0.3, 0.4) is 0 Å². The van der Waals surface area contributed by atoms with E-state index in [1.807, 2.05) is 41.0 Å². The number of carbonyl (C=O) groups excluding carboxylic acids is 2. The van der Waals surface area contributed by atoms with Crippen LogP contribution in [0.2, 0.25) is 5.02 Å². The standard InChI is InChI=1S/C21H24ClN3O3/c1-2-28-17-9-7-16(8-10-17)21(27)25-13-11-24(12-14-25)15-20(26)23-19-6-4-3-5-18(19)22/h3-10H,2,11-15H2,1H3,(H,23,26). The summed E-state index contributed by atoms with van der Waals surface area (Å²) in [4.78, 5) is 28.8. The monoisotopic (exact) mass is 401 g/mol. The molecule has 1 N–H and O–H groups in total. The molecule has 0 unspecified atom stereocenters. The van der Waals surface area contributed by atoms with Gasteiger partial charge in [0.1, 0.15) is 5.75 Å². The highest BCUT2D eigenvalue weighted by Crippen LogP contribution is 2.20. The van der Waals surface area contributed by atoms with Crippen LogP contribution in [0.15, 0.2) is 48.5 Å². The topological polar surface area (TPSA) is 61.9 Å². The molecule has 2 aromatic carbocycles. The van der Waals surface area contributed by atoms with Crippen molar-refractivity contribution in [2.24, 2.45) is 0 Å². The second-order valence-electron chi connectivity index (χ2n) is 6.55. The van der Waals surface area contributed by atoms with Crippen LogP contribution in [0.25, 0.3) is 0 Å². The highest BCUT2D eigenvalue weighted by atomic mass is 35.5. The lowest BCUT2D eigenvalue weighted by Crippen LogP contribution is -2.50. The summed E-state index contributed by atoms with van der Waals surface area (Å²) in [5.41, 5.74) is 1.26. The van der Waals surface area contributed by atoms with Gasteiger partial charge in [0.25, 0.3) is 5.91 Å². The third-order valence-corrected chi connectivity index (χ3v) is 4.92. The van der Waals surface area contributed by atoms with Crippen molar-refractivity contribution in [1.82, 2.24) is 9.80 Å². The quantitative estimate of drug-likeness (QED) is 0.807. The Labute approximate surface area is 170 Å². The number of anilines is 1. The van der Waals surface area contributed by atoms with Crippen molar-refractivity contribution in [2.75, 3.05) is 44.6 Å². The van der Waals surface area contributed by atoms with E-state index in [1.165, 1.54) is 0 Å². The van der Waals surface area contributed by atoms with Crippen molar-refractivity contribution >= 4 is 29.1 Å². The lowest BCUT2D eigenvalue weighted by atomic mass is 10.1. The fraction of sp³-hybridized carbons (Fsp3) is 0.333. The number of piperazine rings is 1. The number of amides is 2. The zero-order chi connectivity index (χ0) is 19.9. The van der Waals surface area contributed by atoms with E-state index in [-0.39, 0.29) is 18.4 Å². The first-order chi connectivity index (χ1) is 13.6. The Kier molecular flexibility index (Phi) is 6.90. The number of halogens is 1. The van der Waals surface area contributed by atoms with Crippen LogP contribution in [0, 0.1) is 0 Å². The molecule has 28 heavy (non-hydrogen) atoms. The minimum absolute atomic E-state index is 0.00298. The average Bonchev–Trinajstić information content (AvgIpc) is 2.71. The lowest BCUT2D eigenvalue weighted by molar-refractivity contribution is -0.117. The molecule has 2 aromatic rings. The number of benzene rings is 2. The number of carbonyl (C=O) groups is 2. The van der Waals surface area contributed by atoms with E-state index in [1.54, 1.807) is 24.3 Å². The summed E-state index contributed by atoms with van der Waals surface area (Å²) >= 11 is 6.07. The van der Waals surface area contributed by atoms with Crippen LogP contribution in [-0.2, 0) is 4.79 Å². The number of rotatable bonds is 6. The van der Waals surface area contributed by atoms with Gasteiger partial charge in [-0.1, -0.05) is 23.7 Å². The Bertz CT molecular complexity index is 818. The average molecular weight is 402 g/mol. The van der Waals surface area contributed by atoms with Gasteiger partial charge in [0, 0.05) is 31.7 Å². The maximum atomic E-state index is 12.6. The summed E-state index contributed by atoms with van der Waals surface area (Å²) < 4.78 is 5.41. The molecule has 7 heteroatoms. The number of para-hydroxylation sites is 1. The summed E-state index contributed by atoms with van der Waals surface area (Å²) in [5, 5.41) is 3.34. The van der Waals surface area contributed by atoms with Gasteiger partial charge in [-0.2, -0.15) is 0 Å². The highest BCUT2D eigenvalue weighted by molar-refractivity contribution is 6.33. The van der Waals surface area contributed by atoms with Gasteiger partial charge < -0.3 is 15.0 Å². The summed E-state index contributed by atoms with van der Waals surface area (Å²) in [5.74, 6) is 0.649. The van der Waals surface area contributed by atoms with Crippen molar-refractivity contribution in [3.05, 3.63) is 59.1 Å². The lowest BCUT2D eigenvalue weighted by Gasteiger charge is -2.34. The van der Waals surface area contributed by atoms with Gasteiger partial charge >= 0.3 is 0 Å². The molecule has 0 bridgehead atoms. The van der Waals surface area contributed by atoms with Crippen molar-refractivity contribution in [3.63, 3.8) is 0 Å². The SMILES string of the molecule is CCOc1ccc(C(=O)N2CCN(CC(=O)Nc3ccccc3Cl)CC2)cc1. The van der Waals surface area contributed by atoms with Crippen LogP contribution in [0.4, 0.5) is 5.69 Å². The molecule has 0 spiro atoms. The Morgan fingerprint density at radius 3 is 2.36 bits per heavy atom. The molecule has 3 rings (SSSR count). The van der Waals surface area contributed by atoms with E-state index in [4.69, 9.17) is 16.3 Å². The summed E-state index contributed by atoms with van der Waals surface area (Å²) in [7, 11) is 0. The number of hydrogen-bond donors (Lipinski definition) is 1. The van der Waals surface area contributed by atoms with E-state index in [0.29, 0.717) is 49.1 Å². The molecule has 0 radical (unpaired) electrons. The normalized spacial score (nSPS) is 14.6. The first kappa shape index (κ1) is 20.2. The van der Waals surface area contributed by atoms with Gasteiger partial charge in [-0.3, -0.25) is 14.5 Å². The molecule has 0 aliphatic carbocycles. The van der Waals surface area contributed by atoms with E-state index in [0.717, 1.165) is 5.75 Å². The maximum Gasteiger partial charge on any atom is 0.253 e. The Hall–Kier alpha value is -2.57. The Morgan fingerprint density at radius 1 is 1.04 bits per heavy atom. The summed E-state index contributed by atoms with van der Waals surface area (Å²) in [6.45, 7) is 5.27. The summed E-state index contributed by atoms with van der Waals surface area (Å²) in [6, 6.07) is 14.4. The number of nitrogens with zero attached hydrogens (tertiary/aromatic N) is 2. The van der Waals surface area contributed by atoms with Crippen molar-refractivity contribution in [3.8, 4) is 5.75 Å². The van der Waals surface area contributed by atoms with Crippen molar-refractivity contribution in [1.29, 1.82) is 0 Å². The molecule has 1 saturated heterocycles. The molecule has 2 amide bonds. The molecular formula is C21H24ClN3O3. The first-order valence-corrected chi connectivity index (χ1v) is 9.73.